The van der Waals surface area contributed by atoms with Crippen molar-refractivity contribution in [3.05, 3.63) is 0 Å². The summed E-state index contributed by atoms with van der Waals surface area (Å²) in [5.41, 5.74) is 0. The van der Waals surface area contributed by atoms with Crippen LogP contribution in [0, 0.1) is 11.3 Å². The maximum atomic E-state index is 13.1. The molecule has 0 aromatic heterocycles. The number of likely N-dealkylation sites (tertiary alicyclic amines) is 1. The van der Waals surface area contributed by atoms with Crippen molar-refractivity contribution in [1.29, 1.82) is 5.26 Å². The molecule has 0 radical (unpaired) electrons. The Morgan fingerprint density at radius 1 is 1.75 bits per heavy atom. The minimum atomic E-state index is -1.06. The molecule has 90 valence electrons. The van der Waals surface area contributed by atoms with E-state index in [2.05, 4.69) is 5.32 Å². The third-order valence-electron chi connectivity index (χ3n) is 2.93. The molecule has 1 saturated heterocycles. The molecule has 5 heteroatoms. The van der Waals surface area contributed by atoms with Gasteiger partial charge in [-0.25, -0.2) is 4.39 Å². The van der Waals surface area contributed by atoms with Crippen LogP contribution in [0.3, 0.4) is 0 Å². The molecule has 1 N–H and O–H groups in total. The first-order chi connectivity index (χ1) is 7.58. The van der Waals surface area contributed by atoms with Crippen LogP contribution in [0.15, 0.2) is 0 Å². The lowest BCUT2D eigenvalue weighted by atomic mass is 10.2. The highest BCUT2D eigenvalue weighted by molar-refractivity contribution is 5.79. The van der Waals surface area contributed by atoms with Crippen molar-refractivity contribution >= 4 is 5.91 Å². The summed E-state index contributed by atoms with van der Waals surface area (Å²) in [6, 6.07) is 1.63. The van der Waals surface area contributed by atoms with Crippen LogP contribution in [0.2, 0.25) is 0 Å². The quantitative estimate of drug-likeness (QED) is 0.774. The van der Waals surface area contributed by atoms with Crippen LogP contribution in [-0.2, 0) is 4.79 Å². The molecule has 0 bridgehead atoms. The molecule has 1 fully saturated rings. The lowest BCUT2D eigenvalue weighted by Gasteiger charge is -2.20. The molecule has 3 atom stereocenters. The molecular formula is C11H18FN3O. The molecule has 1 amide bonds. The van der Waals surface area contributed by atoms with Crippen molar-refractivity contribution in [2.24, 2.45) is 0 Å². The maximum absolute atomic E-state index is 13.1. The van der Waals surface area contributed by atoms with Gasteiger partial charge in [-0.05, 0) is 13.3 Å². The lowest BCUT2D eigenvalue weighted by molar-refractivity contribution is -0.130. The Morgan fingerprint density at radius 2 is 2.44 bits per heavy atom. The molecule has 0 aromatic carbocycles. The smallest absolute Gasteiger partial charge is 0.237 e. The van der Waals surface area contributed by atoms with E-state index in [0.717, 1.165) is 6.42 Å². The maximum Gasteiger partial charge on any atom is 0.237 e. The fraction of sp³-hybridized carbons (Fsp3) is 0.818. The van der Waals surface area contributed by atoms with Gasteiger partial charge < -0.3 is 10.2 Å². The van der Waals surface area contributed by atoms with Gasteiger partial charge in [0.15, 0.2) is 0 Å². The number of rotatable bonds is 4. The van der Waals surface area contributed by atoms with Gasteiger partial charge in [0, 0.05) is 12.5 Å². The Balaban J connectivity index is 2.45. The summed E-state index contributed by atoms with van der Waals surface area (Å²) in [6.07, 6.45) is 0.0175. The number of nitriles is 1. The summed E-state index contributed by atoms with van der Waals surface area (Å²) in [5.74, 6) is -0.188. The number of carbonyl (C=O) groups is 1. The number of nitrogens with one attached hydrogen (secondary N) is 1. The minimum Gasteiger partial charge on any atom is -0.323 e. The highest BCUT2D eigenvalue weighted by Gasteiger charge is 2.34. The molecular weight excluding hydrogens is 209 g/mol. The zero-order valence-corrected chi connectivity index (χ0v) is 9.74. The minimum absolute atomic E-state index is 0.0548. The van der Waals surface area contributed by atoms with Gasteiger partial charge in [0.1, 0.15) is 12.2 Å². The molecule has 0 saturated carbocycles. The number of hydrogen-bond acceptors (Lipinski definition) is 3. The molecule has 1 rings (SSSR count). The van der Waals surface area contributed by atoms with E-state index >= 15 is 0 Å². The Morgan fingerprint density at radius 3 is 3.00 bits per heavy atom. The molecule has 1 heterocycles. The van der Waals surface area contributed by atoms with Gasteiger partial charge in [-0.3, -0.25) is 4.79 Å². The monoisotopic (exact) mass is 227 g/mol. The van der Waals surface area contributed by atoms with Crippen molar-refractivity contribution in [1.82, 2.24) is 10.2 Å². The molecule has 1 aliphatic rings. The normalized spacial score (nSPS) is 26.5. The van der Waals surface area contributed by atoms with Crippen molar-refractivity contribution in [3.63, 3.8) is 0 Å². The lowest BCUT2D eigenvalue weighted by Crippen LogP contribution is -2.42. The van der Waals surface area contributed by atoms with E-state index in [9.17, 15) is 9.18 Å². The van der Waals surface area contributed by atoms with Gasteiger partial charge in [-0.1, -0.05) is 6.92 Å². The summed E-state index contributed by atoms with van der Waals surface area (Å²) in [6.45, 7) is 4.24. The second-order valence-electron chi connectivity index (χ2n) is 4.21. The second-order valence-corrected chi connectivity index (χ2v) is 4.21. The fourth-order valence-corrected chi connectivity index (χ4v) is 1.69. The van der Waals surface area contributed by atoms with Crippen molar-refractivity contribution in [3.8, 4) is 6.07 Å². The molecule has 16 heavy (non-hydrogen) atoms. The predicted octanol–water partition coefficient (Wildman–Crippen LogP) is 0.837. The summed E-state index contributed by atoms with van der Waals surface area (Å²) < 4.78 is 13.1. The van der Waals surface area contributed by atoms with E-state index in [4.69, 9.17) is 5.26 Å². The van der Waals surface area contributed by atoms with Crippen LogP contribution >= 0.6 is 0 Å². The van der Waals surface area contributed by atoms with E-state index in [1.165, 1.54) is 4.90 Å². The third kappa shape index (κ3) is 3.17. The molecule has 0 spiro atoms. The zero-order chi connectivity index (χ0) is 12.1. The van der Waals surface area contributed by atoms with Crippen LogP contribution in [0.4, 0.5) is 4.39 Å². The average molecular weight is 227 g/mol. The SMILES string of the molecule is CCC(C)NCC(=O)N1CC(F)CC1C#N. The average Bonchev–Trinajstić information content (AvgIpc) is 2.66. The van der Waals surface area contributed by atoms with E-state index in [1.807, 2.05) is 19.9 Å². The zero-order valence-electron chi connectivity index (χ0n) is 9.74. The van der Waals surface area contributed by atoms with Gasteiger partial charge in [0.25, 0.3) is 0 Å². The predicted molar refractivity (Wildman–Crippen MR) is 58.4 cm³/mol. The van der Waals surface area contributed by atoms with E-state index in [-0.39, 0.29) is 31.5 Å². The molecule has 1 aliphatic heterocycles. The molecule has 4 nitrogen and oxygen atoms in total. The van der Waals surface area contributed by atoms with E-state index in [0.29, 0.717) is 0 Å². The Bertz CT molecular complexity index is 289. The van der Waals surface area contributed by atoms with Gasteiger partial charge in [0.05, 0.1) is 19.2 Å². The molecule has 0 aliphatic carbocycles. The standard InChI is InChI=1S/C11H18FN3O/c1-3-8(2)14-6-11(16)15-7-9(12)4-10(15)5-13/h8-10,14H,3-4,6-7H2,1-2H3. The Labute approximate surface area is 95.4 Å². The first-order valence-corrected chi connectivity index (χ1v) is 5.65. The van der Waals surface area contributed by atoms with Gasteiger partial charge >= 0.3 is 0 Å². The van der Waals surface area contributed by atoms with Crippen molar-refractivity contribution in [2.45, 2.75) is 44.9 Å². The summed E-state index contributed by atoms with van der Waals surface area (Å²) in [4.78, 5) is 13.1. The molecule has 3 unspecified atom stereocenters. The topological polar surface area (TPSA) is 56.1 Å². The summed E-state index contributed by atoms with van der Waals surface area (Å²) in [5, 5.41) is 11.8. The van der Waals surface area contributed by atoms with Crippen LogP contribution in [0.5, 0.6) is 0 Å². The number of carbonyl (C=O) groups excluding carboxylic acids is 1. The van der Waals surface area contributed by atoms with E-state index in [1.54, 1.807) is 0 Å². The number of halogens is 1. The van der Waals surface area contributed by atoms with Crippen LogP contribution < -0.4 is 5.32 Å². The van der Waals surface area contributed by atoms with Gasteiger partial charge in [0.2, 0.25) is 5.91 Å². The van der Waals surface area contributed by atoms with E-state index < -0.39 is 12.2 Å². The second kappa shape index (κ2) is 5.80. The Hall–Kier alpha value is -1.15. The Kier molecular flexibility index (Phi) is 4.69. The van der Waals surface area contributed by atoms with Crippen LogP contribution in [0.1, 0.15) is 26.7 Å². The first kappa shape index (κ1) is 12.9. The number of hydrogen-bond donors (Lipinski definition) is 1. The van der Waals surface area contributed by atoms with Gasteiger partial charge in [-0.15, -0.1) is 0 Å². The summed E-state index contributed by atoms with van der Waals surface area (Å²) >= 11 is 0. The van der Waals surface area contributed by atoms with Gasteiger partial charge in [-0.2, -0.15) is 5.26 Å². The van der Waals surface area contributed by atoms with Crippen LogP contribution in [-0.4, -0.2) is 42.2 Å². The summed E-state index contributed by atoms with van der Waals surface area (Å²) in [7, 11) is 0. The van der Waals surface area contributed by atoms with Crippen LogP contribution in [0.25, 0.3) is 0 Å². The van der Waals surface area contributed by atoms with Crippen molar-refractivity contribution < 1.29 is 9.18 Å². The highest BCUT2D eigenvalue weighted by atomic mass is 19.1. The number of nitrogens with zero attached hydrogens (tertiary/aromatic N) is 2. The largest absolute Gasteiger partial charge is 0.323 e. The molecule has 0 aromatic rings. The number of amides is 1. The third-order valence-corrected chi connectivity index (χ3v) is 2.93. The van der Waals surface area contributed by atoms with Crippen molar-refractivity contribution in [2.75, 3.05) is 13.1 Å². The highest BCUT2D eigenvalue weighted by Crippen LogP contribution is 2.19. The number of alkyl halides is 1. The first-order valence-electron chi connectivity index (χ1n) is 5.65. The fourth-order valence-electron chi connectivity index (χ4n) is 1.69.